The highest BCUT2D eigenvalue weighted by Gasteiger charge is 2.20. The highest BCUT2D eigenvalue weighted by Crippen LogP contribution is 2.33. The number of thiazole rings is 1. The number of carbonyl (C=O) groups excluding carboxylic acids is 1. The topological polar surface area (TPSA) is 116 Å². The summed E-state index contributed by atoms with van der Waals surface area (Å²) in [4.78, 5) is 17.6. The first-order chi connectivity index (χ1) is 17.3. The Morgan fingerprint density at radius 3 is 2.31 bits per heavy atom. The zero-order chi connectivity index (χ0) is 25.7. The van der Waals surface area contributed by atoms with Crippen LogP contribution in [-0.2, 0) is 10.0 Å². The van der Waals surface area contributed by atoms with Crippen molar-refractivity contribution in [2.75, 3.05) is 31.4 Å². The molecule has 4 aromatic rings. The minimum atomic E-state index is -3.93. The fourth-order valence-corrected chi connectivity index (χ4v) is 5.15. The van der Waals surface area contributed by atoms with E-state index in [2.05, 4.69) is 15.0 Å². The molecule has 0 aliphatic heterocycles. The molecule has 0 spiro atoms. The van der Waals surface area contributed by atoms with Gasteiger partial charge >= 0.3 is 0 Å². The molecule has 1 aromatic heterocycles. The molecule has 3 aromatic carbocycles. The number of nitrogens with zero attached hydrogens (tertiary/aromatic N) is 1. The van der Waals surface area contributed by atoms with Gasteiger partial charge in [0.25, 0.3) is 15.9 Å². The largest absolute Gasteiger partial charge is 0.497 e. The third-order valence-corrected chi connectivity index (χ3v) is 7.33. The molecule has 0 fully saturated rings. The van der Waals surface area contributed by atoms with E-state index in [1.165, 1.54) is 42.7 Å². The number of hydrogen-bond acceptors (Lipinski definition) is 8. The molecule has 1 heterocycles. The fraction of sp³-hybridized carbons (Fsp3) is 0.120. The van der Waals surface area contributed by atoms with E-state index < -0.39 is 15.9 Å². The molecule has 186 valence electrons. The van der Waals surface area contributed by atoms with Crippen LogP contribution in [0.4, 0.5) is 10.8 Å². The van der Waals surface area contributed by atoms with E-state index in [4.69, 9.17) is 14.2 Å². The van der Waals surface area contributed by atoms with Crippen molar-refractivity contribution in [2.45, 2.75) is 4.90 Å². The minimum Gasteiger partial charge on any atom is -0.497 e. The van der Waals surface area contributed by atoms with E-state index in [0.29, 0.717) is 28.1 Å². The summed E-state index contributed by atoms with van der Waals surface area (Å²) in [5.41, 5.74) is 1.72. The van der Waals surface area contributed by atoms with E-state index in [9.17, 15) is 13.2 Å². The molecule has 9 nitrogen and oxygen atoms in total. The van der Waals surface area contributed by atoms with Crippen molar-refractivity contribution in [1.29, 1.82) is 0 Å². The number of carbonyl (C=O) groups is 1. The van der Waals surface area contributed by atoms with Gasteiger partial charge in [0.1, 0.15) is 5.75 Å². The van der Waals surface area contributed by atoms with Crippen LogP contribution in [0.3, 0.4) is 0 Å². The molecule has 0 saturated carbocycles. The number of amides is 1. The van der Waals surface area contributed by atoms with Crippen molar-refractivity contribution in [3.8, 4) is 28.5 Å². The number of ether oxygens (including phenoxy) is 3. The van der Waals surface area contributed by atoms with E-state index in [-0.39, 0.29) is 16.1 Å². The number of para-hydroxylation sites is 1. The number of anilines is 2. The third kappa shape index (κ3) is 5.42. The lowest BCUT2D eigenvalue weighted by Crippen LogP contribution is -2.18. The Hall–Kier alpha value is -4.09. The number of rotatable bonds is 9. The molecule has 4 rings (SSSR count). The standard InChI is InChI=1S/C25H23N3O6S2/c1-32-17-9-11-18(12-10-17)36(30,31)28-20-7-5-4-6-19(20)24(29)27-25-26-21(15-35-25)16-8-13-22(33-2)23(14-16)34-3/h4-15,28H,1-3H3,(H,26,27,29). The van der Waals surface area contributed by atoms with Gasteiger partial charge in [-0.1, -0.05) is 12.1 Å². The van der Waals surface area contributed by atoms with E-state index in [1.54, 1.807) is 56.0 Å². The van der Waals surface area contributed by atoms with E-state index in [0.717, 1.165) is 5.56 Å². The molecule has 36 heavy (non-hydrogen) atoms. The van der Waals surface area contributed by atoms with Crippen LogP contribution in [0.1, 0.15) is 10.4 Å². The van der Waals surface area contributed by atoms with Gasteiger partial charge in [-0.25, -0.2) is 13.4 Å². The average Bonchev–Trinajstić information content (AvgIpc) is 3.36. The first-order valence-electron chi connectivity index (χ1n) is 10.6. The van der Waals surface area contributed by atoms with Crippen LogP contribution in [0, 0.1) is 0 Å². The Morgan fingerprint density at radius 1 is 0.889 bits per heavy atom. The Morgan fingerprint density at radius 2 is 1.61 bits per heavy atom. The van der Waals surface area contributed by atoms with Gasteiger partial charge in [0.15, 0.2) is 16.6 Å². The maximum absolute atomic E-state index is 13.0. The summed E-state index contributed by atoms with van der Waals surface area (Å²) in [6, 6.07) is 17.7. The van der Waals surface area contributed by atoms with Gasteiger partial charge in [-0.3, -0.25) is 14.8 Å². The first-order valence-corrected chi connectivity index (χ1v) is 13.0. The normalized spacial score (nSPS) is 11.0. The van der Waals surface area contributed by atoms with Crippen molar-refractivity contribution >= 4 is 38.1 Å². The summed E-state index contributed by atoms with van der Waals surface area (Å²) >= 11 is 1.24. The number of methoxy groups -OCH3 is 3. The maximum Gasteiger partial charge on any atom is 0.261 e. The lowest BCUT2D eigenvalue weighted by atomic mass is 10.1. The van der Waals surface area contributed by atoms with Crippen LogP contribution in [-0.4, -0.2) is 40.6 Å². The lowest BCUT2D eigenvalue weighted by Gasteiger charge is -2.12. The Balaban J connectivity index is 1.53. The number of hydrogen-bond donors (Lipinski definition) is 2. The smallest absolute Gasteiger partial charge is 0.261 e. The van der Waals surface area contributed by atoms with Crippen LogP contribution in [0.15, 0.2) is 77.0 Å². The monoisotopic (exact) mass is 525 g/mol. The predicted octanol–water partition coefficient (Wildman–Crippen LogP) is 4.89. The van der Waals surface area contributed by atoms with E-state index in [1.807, 2.05) is 6.07 Å². The second-order valence-electron chi connectivity index (χ2n) is 7.39. The molecule has 11 heteroatoms. The van der Waals surface area contributed by atoms with Crippen LogP contribution in [0.5, 0.6) is 17.2 Å². The van der Waals surface area contributed by atoms with Crippen molar-refractivity contribution in [2.24, 2.45) is 0 Å². The zero-order valence-corrected chi connectivity index (χ0v) is 21.3. The average molecular weight is 526 g/mol. The number of benzene rings is 3. The summed E-state index contributed by atoms with van der Waals surface area (Å²) in [6.45, 7) is 0. The van der Waals surface area contributed by atoms with Crippen LogP contribution >= 0.6 is 11.3 Å². The molecular weight excluding hydrogens is 502 g/mol. The zero-order valence-electron chi connectivity index (χ0n) is 19.6. The highest BCUT2D eigenvalue weighted by atomic mass is 32.2. The first kappa shape index (κ1) is 25.0. The van der Waals surface area contributed by atoms with Crippen molar-refractivity contribution in [3.63, 3.8) is 0 Å². The molecule has 0 aliphatic carbocycles. The van der Waals surface area contributed by atoms with Gasteiger partial charge in [-0.2, -0.15) is 0 Å². The molecule has 0 aliphatic rings. The van der Waals surface area contributed by atoms with Crippen molar-refractivity contribution in [3.05, 3.63) is 77.7 Å². The van der Waals surface area contributed by atoms with Gasteiger partial charge < -0.3 is 14.2 Å². The van der Waals surface area contributed by atoms with Gasteiger partial charge in [-0.15, -0.1) is 11.3 Å². The second kappa shape index (κ2) is 10.7. The molecule has 0 atom stereocenters. The Kier molecular flexibility index (Phi) is 7.41. The summed E-state index contributed by atoms with van der Waals surface area (Å²) in [5.74, 6) is 1.19. The van der Waals surface area contributed by atoms with Crippen LogP contribution < -0.4 is 24.2 Å². The number of aromatic nitrogens is 1. The molecule has 0 saturated heterocycles. The maximum atomic E-state index is 13.0. The molecular formula is C25H23N3O6S2. The van der Waals surface area contributed by atoms with Crippen LogP contribution in [0.2, 0.25) is 0 Å². The Labute approximate surface area is 212 Å². The molecule has 1 amide bonds. The number of sulfonamides is 1. The lowest BCUT2D eigenvalue weighted by molar-refractivity contribution is 0.102. The highest BCUT2D eigenvalue weighted by molar-refractivity contribution is 7.92. The SMILES string of the molecule is COc1ccc(S(=O)(=O)Nc2ccccc2C(=O)Nc2nc(-c3ccc(OC)c(OC)c3)cs2)cc1. The fourth-order valence-electron chi connectivity index (χ4n) is 3.35. The molecule has 0 bridgehead atoms. The summed E-state index contributed by atoms with van der Waals surface area (Å²) < 4.78 is 43.9. The summed E-state index contributed by atoms with van der Waals surface area (Å²) in [5, 5.41) is 4.90. The third-order valence-electron chi connectivity index (χ3n) is 5.19. The molecule has 2 N–H and O–H groups in total. The van der Waals surface area contributed by atoms with Crippen LogP contribution in [0.25, 0.3) is 11.3 Å². The Bertz CT molecular complexity index is 1480. The summed E-state index contributed by atoms with van der Waals surface area (Å²) in [6.07, 6.45) is 0. The van der Waals surface area contributed by atoms with Crippen molar-refractivity contribution < 1.29 is 27.4 Å². The molecule has 0 unspecified atom stereocenters. The van der Waals surface area contributed by atoms with Gasteiger partial charge in [0, 0.05) is 10.9 Å². The van der Waals surface area contributed by atoms with Gasteiger partial charge in [-0.05, 0) is 54.6 Å². The predicted molar refractivity (Wildman–Crippen MR) is 139 cm³/mol. The molecule has 0 radical (unpaired) electrons. The summed E-state index contributed by atoms with van der Waals surface area (Å²) in [7, 11) is 0.672. The minimum absolute atomic E-state index is 0.0398. The van der Waals surface area contributed by atoms with Crippen molar-refractivity contribution in [1.82, 2.24) is 4.98 Å². The van der Waals surface area contributed by atoms with E-state index >= 15 is 0 Å². The number of nitrogens with one attached hydrogen (secondary N) is 2. The quantitative estimate of drug-likeness (QED) is 0.320. The van der Waals surface area contributed by atoms with Gasteiger partial charge in [0.2, 0.25) is 0 Å². The van der Waals surface area contributed by atoms with Gasteiger partial charge in [0.05, 0.1) is 43.2 Å². The second-order valence-corrected chi connectivity index (χ2v) is 9.93.